The van der Waals surface area contributed by atoms with E-state index >= 15 is 0 Å². The van der Waals surface area contributed by atoms with Crippen LogP contribution in [0.2, 0.25) is 0 Å². The van der Waals surface area contributed by atoms with Gasteiger partial charge < -0.3 is 20.5 Å². The van der Waals surface area contributed by atoms with Gasteiger partial charge in [-0.25, -0.2) is 9.78 Å². The molecule has 0 aliphatic heterocycles. The monoisotopic (exact) mass is 501 g/mol. The lowest BCUT2D eigenvalue weighted by Crippen LogP contribution is -2.40. The van der Waals surface area contributed by atoms with Crippen LogP contribution < -0.4 is 10.9 Å². The molecule has 1 amide bonds. The average molecular weight is 502 g/mol. The molecule has 0 fully saturated rings. The van der Waals surface area contributed by atoms with E-state index in [-0.39, 0.29) is 18.4 Å². The summed E-state index contributed by atoms with van der Waals surface area (Å²) >= 11 is 2.70. The summed E-state index contributed by atoms with van der Waals surface area (Å²) in [5, 5.41) is 20.8. The predicted octanol–water partition coefficient (Wildman–Crippen LogP) is 3.27. The normalized spacial score (nSPS) is 11.6. The summed E-state index contributed by atoms with van der Waals surface area (Å²) in [6.07, 6.45) is 0.948. The zero-order valence-electron chi connectivity index (χ0n) is 18.0. The number of aryl methyl sites for hydroxylation is 1. The molecule has 0 aliphatic rings. The number of aromatic nitrogens is 2. The topological polar surface area (TPSA) is 149 Å². The highest BCUT2D eigenvalue weighted by Crippen LogP contribution is 2.22. The minimum absolute atomic E-state index is 0.187. The van der Waals surface area contributed by atoms with Crippen molar-refractivity contribution in [2.24, 2.45) is 0 Å². The van der Waals surface area contributed by atoms with Gasteiger partial charge in [-0.2, -0.15) is 0 Å². The second kappa shape index (κ2) is 12.1. The zero-order valence-corrected chi connectivity index (χ0v) is 19.7. The van der Waals surface area contributed by atoms with Crippen molar-refractivity contribution in [3.63, 3.8) is 0 Å². The number of nitrogens with one attached hydrogen (secondary N) is 2. The van der Waals surface area contributed by atoms with Crippen LogP contribution in [0, 0.1) is 0 Å². The Kier molecular flexibility index (Phi) is 9.00. The number of carboxylic acid groups (broad SMARTS) is 2. The minimum Gasteiger partial charge on any atom is -0.481 e. The van der Waals surface area contributed by atoms with Crippen molar-refractivity contribution in [3.05, 3.63) is 68.6 Å². The molecule has 0 bridgehead atoms. The molecule has 3 rings (SSSR count). The lowest BCUT2D eigenvalue weighted by molar-refractivity contribution is -0.140. The van der Waals surface area contributed by atoms with Gasteiger partial charge in [-0.05, 0) is 31.4 Å². The summed E-state index contributed by atoms with van der Waals surface area (Å²) in [5.41, 5.74) is 1.27. The summed E-state index contributed by atoms with van der Waals surface area (Å²) in [4.78, 5) is 54.9. The number of rotatable bonds is 12. The highest BCUT2D eigenvalue weighted by molar-refractivity contribution is 7.99. The molecular weight excluding hydrogens is 478 g/mol. The molecule has 11 heteroatoms. The lowest BCUT2D eigenvalue weighted by Gasteiger charge is -2.12. The van der Waals surface area contributed by atoms with E-state index in [9.17, 15) is 24.3 Å². The predicted molar refractivity (Wildman–Crippen MR) is 129 cm³/mol. The first-order chi connectivity index (χ1) is 16.3. The highest BCUT2D eigenvalue weighted by atomic mass is 32.2. The standard InChI is InChI=1S/C23H23N3O6S2/c27-19-13-17(14-5-2-1-3-6-14)25-23(26-19)33-12-4-7-15-8-10-18(34-15)21(30)24-16(22(31)32)9-11-20(28)29/h1-3,5-6,8,10,13,16H,4,7,9,11-12H2,(H,24,30)(H,28,29)(H,31,32)(H,25,26,27). The summed E-state index contributed by atoms with van der Waals surface area (Å²) in [7, 11) is 0. The van der Waals surface area contributed by atoms with E-state index < -0.39 is 23.9 Å². The number of benzene rings is 1. The molecule has 9 nitrogen and oxygen atoms in total. The molecule has 178 valence electrons. The molecule has 2 heterocycles. The molecule has 0 aliphatic carbocycles. The van der Waals surface area contributed by atoms with Crippen molar-refractivity contribution in [2.45, 2.75) is 36.9 Å². The summed E-state index contributed by atoms with van der Waals surface area (Å²) in [5.74, 6) is -2.23. The van der Waals surface area contributed by atoms with Gasteiger partial charge in [0, 0.05) is 28.7 Å². The first kappa shape index (κ1) is 25.2. The van der Waals surface area contributed by atoms with Gasteiger partial charge in [0.05, 0.1) is 10.6 Å². The van der Waals surface area contributed by atoms with Gasteiger partial charge in [-0.1, -0.05) is 42.1 Å². The van der Waals surface area contributed by atoms with Gasteiger partial charge >= 0.3 is 11.9 Å². The Morgan fingerprint density at radius 3 is 2.59 bits per heavy atom. The third-order valence-corrected chi connectivity index (χ3v) is 6.83. The smallest absolute Gasteiger partial charge is 0.326 e. The van der Waals surface area contributed by atoms with Gasteiger partial charge in [-0.15, -0.1) is 11.3 Å². The van der Waals surface area contributed by atoms with Gasteiger partial charge in [0.1, 0.15) is 6.04 Å². The maximum Gasteiger partial charge on any atom is 0.326 e. The van der Waals surface area contributed by atoms with Crippen LogP contribution >= 0.6 is 23.1 Å². The number of hydrogen-bond donors (Lipinski definition) is 4. The number of hydrogen-bond acceptors (Lipinski definition) is 7. The second-order valence-corrected chi connectivity index (χ2v) is 9.57. The number of H-pyrrole nitrogens is 1. The zero-order chi connectivity index (χ0) is 24.5. The molecular formula is C23H23N3O6S2. The van der Waals surface area contributed by atoms with Crippen molar-refractivity contribution in [1.29, 1.82) is 0 Å². The number of carbonyl (C=O) groups is 3. The van der Waals surface area contributed by atoms with E-state index in [1.807, 2.05) is 36.4 Å². The fourth-order valence-corrected chi connectivity index (χ4v) is 4.83. The third-order valence-electron chi connectivity index (χ3n) is 4.73. The molecule has 0 saturated heterocycles. The molecule has 34 heavy (non-hydrogen) atoms. The van der Waals surface area contributed by atoms with Gasteiger partial charge in [0.15, 0.2) is 5.16 Å². The Morgan fingerprint density at radius 1 is 1.12 bits per heavy atom. The van der Waals surface area contributed by atoms with E-state index in [1.165, 1.54) is 29.2 Å². The van der Waals surface area contributed by atoms with Crippen LogP contribution in [0.25, 0.3) is 11.3 Å². The fourth-order valence-electron chi connectivity index (χ4n) is 3.06. The summed E-state index contributed by atoms with van der Waals surface area (Å²) in [6, 6.07) is 13.1. The first-order valence-electron chi connectivity index (χ1n) is 10.5. The van der Waals surface area contributed by atoms with Gasteiger partial charge in [0.25, 0.3) is 11.5 Å². The highest BCUT2D eigenvalue weighted by Gasteiger charge is 2.22. The van der Waals surface area contributed by atoms with Crippen LogP contribution in [0.1, 0.15) is 33.8 Å². The van der Waals surface area contributed by atoms with Crippen LogP contribution in [-0.2, 0) is 16.0 Å². The molecule has 0 saturated carbocycles. The van der Waals surface area contributed by atoms with E-state index in [1.54, 1.807) is 6.07 Å². The van der Waals surface area contributed by atoms with Crippen molar-refractivity contribution in [1.82, 2.24) is 15.3 Å². The number of nitrogens with zero attached hydrogens (tertiary/aromatic N) is 1. The maximum absolute atomic E-state index is 12.4. The van der Waals surface area contributed by atoms with E-state index in [0.29, 0.717) is 27.9 Å². The number of carbonyl (C=O) groups excluding carboxylic acids is 1. The second-order valence-electron chi connectivity index (χ2n) is 7.32. The number of thioether (sulfide) groups is 1. The third kappa shape index (κ3) is 7.56. The van der Waals surface area contributed by atoms with Crippen molar-refractivity contribution in [2.75, 3.05) is 5.75 Å². The van der Waals surface area contributed by atoms with Crippen molar-refractivity contribution >= 4 is 40.9 Å². The van der Waals surface area contributed by atoms with Gasteiger partial charge in [0.2, 0.25) is 0 Å². The molecule has 3 aromatic rings. The Morgan fingerprint density at radius 2 is 1.88 bits per heavy atom. The minimum atomic E-state index is -1.27. The SMILES string of the molecule is O=C(O)CCC(NC(=O)c1ccc(CCCSc2nc(-c3ccccc3)cc(=O)[nH]2)s1)C(=O)O. The number of thiophene rings is 1. The van der Waals surface area contributed by atoms with E-state index in [4.69, 9.17) is 5.11 Å². The Hall–Kier alpha value is -3.44. The maximum atomic E-state index is 12.4. The summed E-state index contributed by atoms with van der Waals surface area (Å²) < 4.78 is 0. The quantitative estimate of drug-likeness (QED) is 0.168. The molecule has 0 spiro atoms. The number of amides is 1. The molecule has 1 atom stereocenters. The van der Waals surface area contributed by atoms with Crippen molar-refractivity contribution < 1.29 is 24.6 Å². The molecule has 1 aromatic carbocycles. The molecule has 4 N–H and O–H groups in total. The lowest BCUT2D eigenvalue weighted by atomic mass is 10.1. The first-order valence-corrected chi connectivity index (χ1v) is 12.3. The Labute approximate surface area is 203 Å². The number of aliphatic carboxylic acids is 2. The van der Waals surface area contributed by atoms with Crippen LogP contribution in [-0.4, -0.2) is 49.8 Å². The number of aromatic amines is 1. The molecule has 1 unspecified atom stereocenters. The average Bonchev–Trinajstić information content (AvgIpc) is 3.28. The van der Waals surface area contributed by atoms with Gasteiger partial charge in [-0.3, -0.25) is 14.4 Å². The largest absolute Gasteiger partial charge is 0.481 e. The Balaban J connectivity index is 1.50. The Bertz CT molecular complexity index is 1210. The van der Waals surface area contributed by atoms with Crippen molar-refractivity contribution in [3.8, 4) is 11.3 Å². The fraction of sp³-hybridized carbons (Fsp3) is 0.261. The molecule has 0 radical (unpaired) electrons. The summed E-state index contributed by atoms with van der Waals surface area (Å²) in [6.45, 7) is 0. The number of carboxylic acids is 2. The van der Waals surface area contributed by atoms with E-state index in [0.717, 1.165) is 16.9 Å². The van der Waals surface area contributed by atoms with Crippen LogP contribution in [0.3, 0.4) is 0 Å². The van der Waals surface area contributed by atoms with Crippen LogP contribution in [0.5, 0.6) is 0 Å². The van der Waals surface area contributed by atoms with Crippen LogP contribution in [0.4, 0.5) is 0 Å². The molecule has 2 aromatic heterocycles. The van der Waals surface area contributed by atoms with Crippen LogP contribution in [0.15, 0.2) is 58.5 Å². The van der Waals surface area contributed by atoms with E-state index in [2.05, 4.69) is 15.3 Å².